The molecular formula is C26H34Cl2N2O3. The van der Waals surface area contributed by atoms with Crippen molar-refractivity contribution in [2.75, 3.05) is 6.61 Å². The van der Waals surface area contributed by atoms with E-state index in [0.29, 0.717) is 21.4 Å². The predicted octanol–water partition coefficient (Wildman–Crippen LogP) is 6.00. The van der Waals surface area contributed by atoms with E-state index in [9.17, 15) is 9.59 Å². The Morgan fingerprint density at radius 1 is 1.09 bits per heavy atom. The Labute approximate surface area is 207 Å². The molecule has 0 spiro atoms. The monoisotopic (exact) mass is 492 g/mol. The second-order valence-corrected chi connectivity index (χ2v) is 10.1. The Balaban J connectivity index is 2.27. The van der Waals surface area contributed by atoms with Crippen molar-refractivity contribution >= 4 is 35.0 Å². The van der Waals surface area contributed by atoms with Gasteiger partial charge in [0.15, 0.2) is 6.61 Å². The third kappa shape index (κ3) is 7.65. The lowest BCUT2D eigenvalue weighted by molar-refractivity contribution is -0.142. The quantitative estimate of drug-likeness (QED) is 0.466. The van der Waals surface area contributed by atoms with Gasteiger partial charge in [-0.15, -0.1) is 0 Å². The standard InChI is InChI=1S/C26H34Cl2N2O3/c1-7-17(2)29-25(32)18(3)30(15-19-12-13-20(27)14-22(19)28)24(31)16-33-23-11-9-8-10-21(23)26(4,5)6/h8-14,17-18H,7,15-16H2,1-6H3,(H,29,32)/t17-,18-/m0/s1. The van der Waals surface area contributed by atoms with E-state index >= 15 is 0 Å². The van der Waals surface area contributed by atoms with Gasteiger partial charge >= 0.3 is 0 Å². The highest BCUT2D eigenvalue weighted by Gasteiger charge is 2.28. The van der Waals surface area contributed by atoms with Crippen LogP contribution in [0.1, 0.15) is 59.1 Å². The molecule has 0 aromatic heterocycles. The number of hydrogen-bond acceptors (Lipinski definition) is 3. The van der Waals surface area contributed by atoms with E-state index < -0.39 is 6.04 Å². The third-order valence-electron chi connectivity index (χ3n) is 5.57. The number of benzene rings is 2. The van der Waals surface area contributed by atoms with Crippen molar-refractivity contribution in [3.63, 3.8) is 0 Å². The Morgan fingerprint density at radius 2 is 1.76 bits per heavy atom. The molecule has 0 saturated carbocycles. The lowest BCUT2D eigenvalue weighted by Gasteiger charge is -2.30. The van der Waals surface area contributed by atoms with Crippen LogP contribution in [0.3, 0.4) is 0 Å². The van der Waals surface area contributed by atoms with Crippen LogP contribution in [0.15, 0.2) is 42.5 Å². The number of carbonyl (C=O) groups excluding carboxylic acids is 2. The summed E-state index contributed by atoms with van der Waals surface area (Å²) in [6, 6.07) is 12.1. The maximum atomic E-state index is 13.3. The molecule has 33 heavy (non-hydrogen) atoms. The minimum absolute atomic E-state index is 0.00549. The van der Waals surface area contributed by atoms with Gasteiger partial charge in [0.2, 0.25) is 5.91 Å². The summed E-state index contributed by atoms with van der Waals surface area (Å²) in [5.41, 5.74) is 1.57. The first kappa shape index (κ1) is 27.0. The highest BCUT2D eigenvalue weighted by atomic mass is 35.5. The summed E-state index contributed by atoms with van der Waals surface area (Å²) in [6.45, 7) is 11.9. The molecule has 0 unspecified atom stereocenters. The Hall–Kier alpha value is -2.24. The van der Waals surface area contributed by atoms with E-state index in [1.165, 1.54) is 4.90 Å². The molecule has 7 heteroatoms. The summed E-state index contributed by atoms with van der Waals surface area (Å²) in [7, 11) is 0. The van der Waals surface area contributed by atoms with E-state index in [2.05, 4.69) is 26.1 Å². The maximum Gasteiger partial charge on any atom is 0.261 e. The fourth-order valence-electron chi connectivity index (χ4n) is 3.32. The van der Waals surface area contributed by atoms with Crippen molar-refractivity contribution in [1.82, 2.24) is 10.2 Å². The highest BCUT2D eigenvalue weighted by Crippen LogP contribution is 2.31. The number of nitrogens with one attached hydrogen (secondary N) is 1. The van der Waals surface area contributed by atoms with Gasteiger partial charge in [-0.3, -0.25) is 9.59 Å². The van der Waals surface area contributed by atoms with Crippen LogP contribution in [0.2, 0.25) is 10.0 Å². The summed E-state index contributed by atoms with van der Waals surface area (Å²) in [5, 5.41) is 3.89. The minimum Gasteiger partial charge on any atom is -0.483 e. The average molecular weight is 493 g/mol. The largest absolute Gasteiger partial charge is 0.483 e. The summed E-state index contributed by atoms with van der Waals surface area (Å²) < 4.78 is 5.95. The van der Waals surface area contributed by atoms with Crippen LogP contribution in [0.4, 0.5) is 0 Å². The number of para-hydroxylation sites is 1. The first-order chi connectivity index (χ1) is 15.4. The van der Waals surface area contributed by atoms with Crippen LogP contribution >= 0.6 is 23.2 Å². The molecule has 0 aliphatic heterocycles. The number of nitrogens with zero attached hydrogens (tertiary/aromatic N) is 1. The SMILES string of the molecule is CC[C@H](C)NC(=O)[C@H](C)N(Cc1ccc(Cl)cc1Cl)C(=O)COc1ccccc1C(C)(C)C. The molecule has 0 bridgehead atoms. The van der Waals surface area contributed by atoms with E-state index in [4.69, 9.17) is 27.9 Å². The molecule has 0 radical (unpaired) electrons. The first-order valence-electron chi connectivity index (χ1n) is 11.2. The van der Waals surface area contributed by atoms with E-state index in [0.717, 1.165) is 12.0 Å². The number of halogens is 2. The topological polar surface area (TPSA) is 58.6 Å². The summed E-state index contributed by atoms with van der Waals surface area (Å²) in [5.74, 6) is 0.119. The number of carbonyl (C=O) groups is 2. The second kappa shape index (κ2) is 11.8. The molecule has 0 saturated heterocycles. The average Bonchev–Trinajstić information content (AvgIpc) is 2.75. The number of amides is 2. The normalized spacial score (nSPS) is 13.2. The van der Waals surface area contributed by atoms with Crippen molar-refractivity contribution in [1.29, 1.82) is 0 Å². The van der Waals surface area contributed by atoms with Crippen LogP contribution in [0.25, 0.3) is 0 Å². The highest BCUT2D eigenvalue weighted by molar-refractivity contribution is 6.35. The minimum atomic E-state index is -0.709. The zero-order chi connectivity index (χ0) is 24.8. The molecular weight excluding hydrogens is 459 g/mol. The van der Waals surface area contributed by atoms with Crippen LogP contribution in [0.5, 0.6) is 5.75 Å². The molecule has 180 valence electrons. The molecule has 2 aromatic rings. The lowest BCUT2D eigenvalue weighted by Crippen LogP contribution is -2.50. The molecule has 1 N–H and O–H groups in total. The van der Waals surface area contributed by atoms with Gasteiger partial charge in [0, 0.05) is 22.6 Å². The van der Waals surface area contributed by atoms with E-state index in [1.54, 1.807) is 25.1 Å². The van der Waals surface area contributed by atoms with Gasteiger partial charge in [-0.05, 0) is 55.0 Å². The van der Waals surface area contributed by atoms with Crippen molar-refractivity contribution in [3.8, 4) is 5.75 Å². The number of rotatable bonds is 9. The number of ether oxygens (including phenoxy) is 1. The molecule has 0 fully saturated rings. The lowest BCUT2D eigenvalue weighted by atomic mass is 9.86. The van der Waals surface area contributed by atoms with Gasteiger partial charge in [0.25, 0.3) is 5.91 Å². The van der Waals surface area contributed by atoms with Crippen molar-refractivity contribution in [2.24, 2.45) is 0 Å². The Morgan fingerprint density at radius 3 is 2.36 bits per heavy atom. The van der Waals surface area contributed by atoms with Crippen LogP contribution in [-0.2, 0) is 21.5 Å². The van der Waals surface area contributed by atoms with Crippen molar-refractivity contribution in [2.45, 2.75) is 72.0 Å². The first-order valence-corrected chi connectivity index (χ1v) is 12.0. The zero-order valence-electron chi connectivity index (χ0n) is 20.2. The molecule has 0 aliphatic carbocycles. The molecule has 2 aromatic carbocycles. The molecule has 0 aliphatic rings. The summed E-state index contributed by atoms with van der Waals surface area (Å²) in [4.78, 5) is 27.7. The van der Waals surface area contributed by atoms with Gasteiger partial charge in [-0.25, -0.2) is 0 Å². The molecule has 2 rings (SSSR count). The Kier molecular flexibility index (Phi) is 9.62. The fraction of sp³-hybridized carbons (Fsp3) is 0.462. The van der Waals surface area contributed by atoms with Gasteiger partial charge in [-0.2, -0.15) is 0 Å². The van der Waals surface area contributed by atoms with Crippen LogP contribution < -0.4 is 10.1 Å². The number of hydrogen-bond donors (Lipinski definition) is 1. The second-order valence-electron chi connectivity index (χ2n) is 9.29. The zero-order valence-corrected chi connectivity index (χ0v) is 21.8. The van der Waals surface area contributed by atoms with Crippen LogP contribution in [0, 0.1) is 0 Å². The molecule has 2 atom stereocenters. The Bertz CT molecular complexity index is 972. The summed E-state index contributed by atoms with van der Waals surface area (Å²) in [6.07, 6.45) is 0.794. The predicted molar refractivity (Wildman–Crippen MR) is 135 cm³/mol. The third-order valence-corrected chi connectivity index (χ3v) is 6.16. The van der Waals surface area contributed by atoms with E-state index in [-0.39, 0.29) is 36.4 Å². The molecule has 0 heterocycles. The molecule has 5 nitrogen and oxygen atoms in total. The van der Waals surface area contributed by atoms with Gasteiger partial charge in [0.1, 0.15) is 11.8 Å². The fourth-order valence-corrected chi connectivity index (χ4v) is 3.78. The summed E-state index contributed by atoms with van der Waals surface area (Å²) >= 11 is 12.4. The molecule has 2 amide bonds. The van der Waals surface area contributed by atoms with Crippen molar-refractivity contribution in [3.05, 3.63) is 63.6 Å². The maximum absolute atomic E-state index is 13.3. The smallest absolute Gasteiger partial charge is 0.261 e. The van der Waals surface area contributed by atoms with Gasteiger partial charge < -0.3 is 15.0 Å². The van der Waals surface area contributed by atoms with Crippen molar-refractivity contribution < 1.29 is 14.3 Å². The van der Waals surface area contributed by atoms with Gasteiger partial charge in [-0.1, -0.05) is 75.2 Å². The van der Waals surface area contributed by atoms with Gasteiger partial charge in [0.05, 0.1) is 0 Å². The van der Waals surface area contributed by atoms with E-state index in [1.807, 2.05) is 38.1 Å². The van der Waals surface area contributed by atoms with Crippen LogP contribution in [-0.4, -0.2) is 35.4 Å².